The van der Waals surface area contributed by atoms with E-state index in [1.807, 2.05) is 23.9 Å². The van der Waals surface area contributed by atoms with Crippen molar-refractivity contribution in [1.82, 2.24) is 14.5 Å². The lowest BCUT2D eigenvalue weighted by Crippen LogP contribution is -2.27. The first-order valence-electron chi connectivity index (χ1n) is 8.86. The number of imidazole rings is 1. The molecule has 0 atom stereocenters. The van der Waals surface area contributed by atoms with Crippen molar-refractivity contribution in [2.75, 3.05) is 5.32 Å². The number of halogens is 1. The van der Waals surface area contributed by atoms with Crippen LogP contribution in [0.1, 0.15) is 26.3 Å². The molecule has 0 unspecified atom stereocenters. The standard InChI is InChI=1S/C21H20ClN5O2/c1-21(2,3)29-20(28)26-18-11-14(10-17(22)25-18)15-6-5-13(12-23)9-16(15)19-24-7-8-27(19)4/h5-11H,1-4H3,(H,25,26,28). The van der Waals surface area contributed by atoms with Crippen molar-refractivity contribution in [3.05, 3.63) is 53.4 Å². The number of ether oxygens (including phenoxy) is 1. The minimum Gasteiger partial charge on any atom is -0.444 e. The third-order valence-corrected chi connectivity index (χ3v) is 4.14. The highest BCUT2D eigenvalue weighted by Crippen LogP contribution is 2.34. The molecule has 0 saturated carbocycles. The Labute approximate surface area is 173 Å². The van der Waals surface area contributed by atoms with Crippen molar-refractivity contribution >= 4 is 23.5 Å². The Balaban J connectivity index is 2.05. The number of carbonyl (C=O) groups excluding carboxylic acids is 1. The van der Waals surface area contributed by atoms with Gasteiger partial charge in [-0.25, -0.2) is 14.8 Å². The fraction of sp³-hybridized carbons (Fsp3) is 0.238. The molecule has 1 aromatic carbocycles. The minimum atomic E-state index is -0.635. The Bertz CT molecular complexity index is 1110. The highest BCUT2D eigenvalue weighted by atomic mass is 35.5. The van der Waals surface area contributed by atoms with Gasteiger partial charge in [0.15, 0.2) is 0 Å². The molecule has 0 aliphatic carbocycles. The van der Waals surface area contributed by atoms with Crippen LogP contribution in [0.2, 0.25) is 5.15 Å². The fourth-order valence-electron chi connectivity index (χ4n) is 2.80. The first-order chi connectivity index (χ1) is 13.7. The molecule has 0 aliphatic rings. The summed E-state index contributed by atoms with van der Waals surface area (Å²) in [7, 11) is 1.88. The molecule has 0 fully saturated rings. The fourth-order valence-corrected chi connectivity index (χ4v) is 3.01. The Morgan fingerprint density at radius 2 is 2.00 bits per heavy atom. The highest BCUT2D eigenvalue weighted by molar-refractivity contribution is 6.29. The number of aromatic nitrogens is 3. The molecule has 1 amide bonds. The van der Waals surface area contributed by atoms with E-state index in [9.17, 15) is 10.1 Å². The van der Waals surface area contributed by atoms with Gasteiger partial charge < -0.3 is 9.30 Å². The summed E-state index contributed by atoms with van der Waals surface area (Å²) in [6, 6.07) is 10.9. The molecule has 0 saturated heterocycles. The predicted molar refractivity (Wildman–Crippen MR) is 111 cm³/mol. The minimum absolute atomic E-state index is 0.212. The number of aryl methyl sites for hydroxylation is 1. The molecule has 0 aliphatic heterocycles. The number of nitrogens with zero attached hydrogens (tertiary/aromatic N) is 4. The van der Waals surface area contributed by atoms with Gasteiger partial charge in [0.05, 0.1) is 11.6 Å². The first-order valence-corrected chi connectivity index (χ1v) is 9.24. The number of pyridine rings is 1. The van der Waals surface area contributed by atoms with Gasteiger partial charge in [-0.1, -0.05) is 17.7 Å². The van der Waals surface area contributed by atoms with Crippen LogP contribution in [0.3, 0.4) is 0 Å². The molecule has 3 rings (SSSR count). The van der Waals surface area contributed by atoms with Gasteiger partial charge in [-0.3, -0.25) is 5.32 Å². The van der Waals surface area contributed by atoms with Gasteiger partial charge in [-0.2, -0.15) is 5.26 Å². The highest BCUT2D eigenvalue weighted by Gasteiger charge is 2.18. The molecule has 0 bridgehead atoms. The molecule has 2 aromatic heterocycles. The lowest BCUT2D eigenvalue weighted by molar-refractivity contribution is 0.0635. The van der Waals surface area contributed by atoms with E-state index in [-0.39, 0.29) is 11.0 Å². The normalized spacial score (nSPS) is 11.0. The lowest BCUT2D eigenvalue weighted by atomic mass is 9.97. The summed E-state index contributed by atoms with van der Waals surface area (Å²) >= 11 is 6.21. The average molecular weight is 410 g/mol. The number of hydrogen-bond donors (Lipinski definition) is 1. The topological polar surface area (TPSA) is 92.8 Å². The molecule has 7 nitrogen and oxygen atoms in total. The van der Waals surface area contributed by atoms with Crippen molar-refractivity contribution in [2.45, 2.75) is 26.4 Å². The number of anilines is 1. The van der Waals surface area contributed by atoms with Gasteiger partial charge in [-0.05, 0) is 56.2 Å². The second-order valence-electron chi connectivity index (χ2n) is 7.42. The Morgan fingerprint density at radius 1 is 1.24 bits per heavy atom. The Kier molecular flexibility index (Phi) is 5.57. The molecule has 8 heteroatoms. The van der Waals surface area contributed by atoms with E-state index < -0.39 is 11.7 Å². The molecular formula is C21H20ClN5O2. The smallest absolute Gasteiger partial charge is 0.413 e. The number of benzene rings is 1. The Morgan fingerprint density at radius 3 is 2.62 bits per heavy atom. The number of hydrogen-bond acceptors (Lipinski definition) is 5. The van der Waals surface area contributed by atoms with E-state index in [0.29, 0.717) is 11.4 Å². The van der Waals surface area contributed by atoms with Crippen LogP contribution in [-0.2, 0) is 11.8 Å². The molecule has 29 heavy (non-hydrogen) atoms. The molecule has 2 heterocycles. The number of nitrogens with one attached hydrogen (secondary N) is 1. The van der Waals surface area contributed by atoms with Crippen LogP contribution in [0.25, 0.3) is 22.5 Å². The summed E-state index contributed by atoms with van der Waals surface area (Å²) in [6.07, 6.45) is 2.89. The van der Waals surface area contributed by atoms with Crippen molar-refractivity contribution < 1.29 is 9.53 Å². The van der Waals surface area contributed by atoms with Crippen molar-refractivity contribution in [3.63, 3.8) is 0 Å². The van der Waals surface area contributed by atoms with Gasteiger partial charge in [0.25, 0.3) is 0 Å². The largest absolute Gasteiger partial charge is 0.444 e. The van der Waals surface area contributed by atoms with E-state index >= 15 is 0 Å². The quantitative estimate of drug-likeness (QED) is 0.613. The van der Waals surface area contributed by atoms with Crippen LogP contribution in [-0.4, -0.2) is 26.2 Å². The summed E-state index contributed by atoms with van der Waals surface area (Å²) in [5.74, 6) is 0.962. The van der Waals surface area contributed by atoms with Crippen LogP contribution >= 0.6 is 11.6 Å². The third-order valence-electron chi connectivity index (χ3n) is 3.94. The SMILES string of the molecule is Cn1ccnc1-c1cc(C#N)ccc1-c1cc(Cl)nc(NC(=O)OC(C)(C)C)c1. The molecule has 3 aromatic rings. The second kappa shape index (κ2) is 7.94. The summed E-state index contributed by atoms with van der Waals surface area (Å²) < 4.78 is 7.14. The van der Waals surface area contributed by atoms with E-state index in [4.69, 9.17) is 16.3 Å². The van der Waals surface area contributed by atoms with Gasteiger partial charge in [0, 0.05) is 25.0 Å². The van der Waals surface area contributed by atoms with Gasteiger partial charge in [-0.15, -0.1) is 0 Å². The Hall–Kier alpha value is -3.37. The zero-order chi connectivity index (χ0) is 21.2. The van der Waals surface area contributed by atoms with E-state index in [2.05, 4.69) is 21.4 Å². The van der Waals surface area contributed by atoms with E-state index in [0.717, 1.165) is 16.7 Å². The van der Waals surface area contributed by atoms with E-state index in [1.54, 1.807) is 51.2 Å². The average Bonchev–Trinajstić information content (AvgIpc) is 3.04. The van der Waals surface area contributed by atoms with Crippen LogP contribution in [0.15, 0.2) is 42.7 Å². The number of rotatable bonds is 3. The molecule has 0 radical (unpaired) electrons. The molecule has 148 valence electrons. The maximum Gasteiger partial charge on any atom is 0.413 e. The predicted octanol–water partition coefficient (Wildman–Crippen LogP) is 5.02. The van der Waals surface area contributed by atoms with Crippen LogP contribution < -0.4 is 5.32 Å². The zero-order valence-electron chi connectivity index (χ0n) is 16.5. The van der Waals surface area contributed by atoms with Gasteiger partial charge in [0.2, 0.25) is 0 Å². The lowest BCUT2D eigenvalue weighted by Gasteiger charge is -2.19. The second-order valence-corrected chi connectivity index (χ2v) is 7.81. The maximum atomic E-state index is 12.1. The van der Waals surface area contributed by atoms with Crippen molar-refractivity contribution in [2.24, 2.45) is 7.05 Å². The number of amides is 1. The summed E-state index contributed by atoms with van der Waals surface area (Å²) in [5, 5.41) is 12.1. The van der Waals surface area contributed by atoms with Crippen LogP contribution in [0.5, 0.6) is 0 Å². The van der Waals surface area contributed by atoms with Crippen molar-refractivity contribution in [1.29, 1.82) is 5.26 Å². The van der Waals surface area contributed by atoms with E-state index in [1.165, 1.54) is 0 Å². The molecule has 0 spiro atoms. The monoisotopic (exact) mass is 409 g/mol. The summed E-state index contributed by atoms with van der Waals surface area (Å²) in [6.45, 7) is 5.33. The van der Waals surface area contributed by atoms with Crippen LogP contribution in [0, 0.1) is 11.3 Å². The first kappa shape index (κ1) is 20.4. The molecule has 1 N–H and O–H groups in total. The number of carbonyl (C=O) groups is 1. The summed E-state index contributed by atoms with van der Waals surface area (Å²) in [5.41, 5.74) is 2.17. The van der Waals surface area contributed by atoms with Crippen molar-refractivity contribution in [3.8, 4) is 28.6 Å². The van der Waals surface area contributed by atoms with Gasteiger partial charge in [0.1, 0.15) is 22.4 Å². The maximum absolute atomic E-state index is 12.1. The van der Waals surface area contributed by atoms with Crippen LogP contribution in [0.4, 0.5) is 10.6 Å². The summed E-state index contributed by atoms with van der Waals surface area (Å²) in [4.78, 5) is 20.7. The molecular weight excluding hydrogens is 390 g/mol. The van der Waals surface area contributed by atoms with Gasteiger partial charge >= 0.3 is 6.09 Å². The zero-order valence-corrected chi connectivity index (χ0v) is 17.3. The number of nitriles is 1. The third kappa shape index (κ3) is 4.92.